The highest BCUT2D eigenvalue weighted by Crippen LogP contribution is 2.37. The lowest BCUT2D eigenvalue weighted by Gasteiger charge is -2.27. The number of ether oxygens (including phenoxy) is 1. The Morgan fingerprint density at radius 3 is 2.95 bits per heavy atom. The van der Waals surface area contributed by atoms with Crippen LogP contribution in [0.15, 0.2) is 46.1 Å². The Kier molecular flexibility index (Phi) is 3.13. The quantitative estimate of drug-likeness (QED) is 0.935. The summed E-state index contributed by atoms with van der Waals surface area (Å²) in [7, 11) is 1.67. The number of nitrogens with two attached hydrogens (primary N) is 1. The first-order chi connectivity index (χ1) is 9.31. The molecule has 3 rings (SSSR count). The molecule has 1 atom stereocenters. The topological polar surface area (TPSA) is 50.9 Å². The number of methoxy groups -OCH3 is 1. The fourth-order valence-electron chi connectivity index (χ4n) is 2.34. The maximum atomic E-state index is 6.05. The minimum absolute atomic E-state index is 0.155. The molecule has 0 aliphatic carbocycles. The molecule has 2 aromatic rings. The Labute approximate surface area is 116 Å². The average molecular weight is 273 g/mol. The molecule has 19 heavy (non-hydrogen) atoms. The fourth-order valence-corrected chi connectivity index (χ4v) is 3.04. The third kappa shape index (κ3) is 2.06. The van der Waals surface area contributed by atoms with Crippen molar-refractivity contribution in [3.8, 4) is 5.75 Å². The van der Waals surface area contributed by atoms with Gasteiger partial charge < -0.3 is 10.5 Å². The molecule has 1 aromatic carbocycles. The van der Waals surface area contributed by atoms with E-state index in [1.165, 1.54) is 5.56 Å². The number of thiophene rings is 1. The number of anilines is 1. The molecular weight excluding hydrogens is 258 g/mol. The Morgan fingerprint density at radius 1 is 1.37 bits per heavy atom. The molecule has 4 nitrogen and oxygen atoms in total. The highest BCUT2D eigenvalue weighted by Gasteiger charge is 2.30. The predicted octanol–water partition coefficient (Wildman–Crippen LogP) is 2.63. The van der Waals surface area contributed by atoms with Crippen LogP contribution < -0.4 is 15.4 Å². The van der Waals surface area contributed by atoms with Crippen molar-refractivity contribution in [1.82, 2.24) is 0 Å². The van der Waals surface area contributed by atoms with Crippen molar-refractivity contribution in [2.24, 2.45) is 10.7 Å². The van der Waals surface area contributed by atoms with Gasteiger partial charge in [0.2, 0.25) is 0 Å². The van der Waals surface area contributed by atoms with E-state index in [1.807, 2.05) is 29.2 Å². The van der Waals surface area contributed by atoms with Crippen molar-refractivity contribution in [2.75, 3.05) is 18.6 Å². The molecule has 0 radical (unpaired) electrons. The van der Waals surface area contributed by atoms with E-state index in [4.69, 9.17) is 10.5 Å². The zero-order chi connectivity index (χ0) is 13.2. The standard InChI is InChI=1S/C14H15N3OS/c1-18-13-5-3-2-4-11(13)17-12(8-16-14(17)15)10-6-7-19-9-10/h2-7,9,12H,8H2,1H3,(H2,15,16). The summed E-state index contributed by atoms with van der Waals surface area (Å²) in [6, 6.07) is 10.1. The summed E-state index contributed by atoms with van der Waals surface area (Å²) in [5.74, 6) is 1.35. The summed E-state index contributed by atoms with van der Waals surface area (Å²) >= 11 is 1.69. The van der Waals surface area contributed by atoms with Gasteiger partial charge in [-0.15, -0.1) is 0 Å². The zero-order valence-corrected chi connectivity index (χ0v) is 11.4. The molecule has 0 spiro atoms. The Morgan fingerprint density at radius 2 is 2.21 bits per heavy atom. The van der Waals surface area contributed by atoms with Gasteiger partial charge in [-0.05, 0) is 34.5 Å². The van der Waals surface area contributed by atoms with E-state index in [1.54, 1.807) is 18.4 Å². The molecule has 98 valence electrons. The summed E-state index contributed by atoms with van der Waals surface area (Å²) in [6.45, 7) is 0.681. The molecule has 0 bridgehead atoms. The minimum Gasteiger partial charge on any atom is -0.495 e. The van der Waals surface area contributed by atoms with E-state index in [0.29, 0.717) is 12.5 Å². The van der Waals surface area contributed by atoms with Gasteiger partial charge in [-0.2, -0.15) is 11.3 Å². The summed E-state index contributed by atoms with van der Waals surface area (Å²) in [5.41, 5.74) is 8.25. The number of para-hydroxylation sites is 2. The van der Waals surface area contributed by atoms with Crippen LogP contribution in [0.3, 0.4) is 0 Å². The van der Waals surface area contributed by atoms with Crippen LogP contribution in [-0.4, -0.2) is 19.6 Å². The van der Waals surface area contributed by atoms with Crippen LogP contribution in [0.4, 0.5) is 5.69 Å². The van der Waals surface area contributed by atoms with Gasteiger partial charge >= 0.3 is 0 Å². The maximum Gasteiger partial charge on any atom is 0.196 e. The van der Waals surface area contributed by atoms with Gasteiger partial charge in [-0.25, -0.2) is 0 Å². The van der Waals surface area contributed by atoms with Crippen molar-refractivity contribution < 1.29 is 4.74 Å². The number of benzene rings is 1. The molecule has 1 aromatic heterocycles. The molecule has 2 heterocycles. The number of hydrogen-bond donors (Lipinski definition) is 1. The van der Waals surface area contributed by atoms with E-state index in [2.05, 4.69) is 21.8 Å². The third-order valence-electron chi connectivity index (χ3n) is 3.26. The van der Waals surface area contributed by atoms with Crippen LogP contribution >= 0.6 is 11.3 Å². The lowest BCUT2D eigenvalue weighted by molar-refractivity contribution is 0.415. The van der Waals surface area contributed by atoms with E-state index in [-0.39, 0.29) is 6.04 Å². The smallest absolute Gasteiger partial charge is 0.196 e. The molecule has 0 saturated carbocycles. The van der Waals surface area contributed by atoms with Crippen molar-refractivity contribution >= 4 is 23.0 Å². The molecule has 0 fully saturated rings. The molecular formula is C14H15N3OS. The van der Waals surface area contributed by atoms with Crippen molar-refractivity contribution in [2.45, 2.75) is 6.04 Å². The normalized spacial score (nSPS) is 18.5. The Hall–Kier alpha value is -2.01. The van der Waals surface area contributed by atoms with Crippen LogP contribution in [0, 0.1) is 0 Å². The monoisotopic (exact) mass is 273 g/mol. The second kappa shape index (κ2) is 4.93. The van der Waals surface area contributed by atoms with E-state index >= 15 is 0 Å². The van der Waals surface area contributed by atoms with E-state index in [9.17, 15) is 0 Å². The van der Waals surface area contributed by atoms with Gasteiger partial charge in [0, 0.05) is 0 Å². The summed E-state index contributed by atoms with van der Waals surface area (Å²) in [4.78, 5) is 6.42. The fraction of sp³-hybridized carbons (Fsp3) is 0.214. The maximum absolute atomic E-state index is 6.05. The lowest BCUT2D eigenvalue weighted by atomic mass is 10.1. The van der Waals surface area contributed by atoms with Gasteiger partial charge in [0.15, 0.2) is 5.96 Å². The van der Waals surface area contributed by atoms with E-state index < -0.39 is 0 Å². The molecule has 5 heteroatoms. The summed E-state index contributed by atoms with van der Waals surface area (Å²) < 4.78 is 5.42. The number of nitrogens with zero attached hydrogens (tertiary/aromatic N) is 2. The van der Waals surface area contributed by atoms with Crippen LogP contribution in [0.5, 0.6) is 5.75 Å². The highest BCUT2D eigenvalue weighted by atomic mass is 32.1. The molecule has 1 unspecified atom stereocenters. The number of hydrogen-bond acceptors (Lipinski definition) is 5. The van der Waals surface area contributed by atoms with E-state index in [0.717, 1.165) is 11.4 Å². The molecule has 1 aliphatic heterocycles. The first-order valence-electron chi connectivity index (χ1n) is 6.05. The van der Waals surface area contributed by atoms with Crippen LogP contribution in [-0.2, 0) is 0 Å². The number of aliphatic imine (C=N–C) groups is 1. The summed E-state index contributed by atoms with van der Waals surface area (Å²) in [5, 5.41) is 4.21. The predicted molar refractivity (Wildman–Crippen MR) is 79.0 cm³/mol. The van der Waals surface area contributed by atoms with Crippen LogP contribution in [0.25, 0.3) is 0 Å². The minimum atomic E-state index is 0.155. The largest absolute Gasteiger partial charge is 0.495 e. The van der Waals surface area contributed by atoms with Crippen molar-refractivity contribution in [3.05, 3.63) is 46.7 Å². The van der Waals surface area contributed by atoms with Crippen LogP contribution in [0.1, 0.15) is 11.6 Å². The molecule has 2 N–H and O–H groups in total. The van der Waals surface area contributed by atoms with Gasteiger partial charge in [0.1, 0.15) is 5.75 Å². The van der Waals surface area contributed by atoms with Gasteiger partial charge in [-0.1, -0.05) is 12.1 Å². The van der Waals surface area contributed by atoms with Gasteiger partial charge in [0.05, 0.1) is 25.4 Å². The van der Waals surface area contributed by atoms with Gasteiger partial charge in [0.25, 0.3) is 0 Å². The van der Waals surface area contributed by atoms with Crippen LogP contribution in [0.2, 0.25) is 0 Å². The average Bonchev–Trinajstić information content (AvgIpc) is 3.07. The number of rotatable bonds is 3. The molecule has 0 amide bonds. The van der Waals surface area contributed by atoms with Crippen molar-refractivity contribution in [3.63, 3.8) is 0 Å². The second-order valence-corrected chi connectivity index (χ2v) is 5.09. The molecule has 1 aliphatic rings. The second-order valence-electron chi connectivity index (χ2n) is 4.31. The molecule has 0 saturated heterocycles. The van der Waals surface area contributed by atoms with Crippen molar-refractivity contribution in [1.29, 1.82) is 0 Å². The highest BCUT2D eigenvalue weighted by molar-refractivity contribution is 7.08. The SMILES string of the molecule is COc1ccccc1N1C(N)=NCC1c1ccsc1. The summed E-state index contributed by atoms with van der Waals surface area (Å²) in [6.07, 6.45) is 0. The third-order valence-corrected chi connectivity index (χ3v) is 3.96. The zero-order valence-electron chi connectivity index (χ0n) is 10.6. The first-order valence-corrected chi connectivity index (χ1v) is 7.00. The van der Waals surface area contributed by atoms with Gasteiger partial charge in [-0.3, -0.25) is 9.89 Å². The Bertz CT molecular complexity index is 594. The number of guanidine groups is 1. The first kappa shape index (κ1) is 12.0. The lowest BCUT2D eigenvalue weighted by Crippen LogP contribution is -2.36. The Balaban J connectivity index is 2.03.